The molecule has 158 valence electrons. The van der Waals surface area contributed by atoms with Crippen LogP contribution >= 0.6 is 0 Å². The molecule has 0 aliphatic rings. The number of aliphatic imine (C=N–C) groups is 1. The minimum Gasteiger partial charge on any atom is -0.386 e. The van der Waals surface area contributed by atoms with Gasteiger partial charge in [0.2, 0.25) is 0 Å². The molecule has 0 unspecified atom stereocenters. The fourth-order valence-electron chi connectivity index (χ4n) is 3.04. The Morgan fingerprint density at radius 1 is 1.03 bits per heavy atom. The van der Waals surface area contributed by atoms with Crippen LogP contribution < -0.4 is 10.9 Å². The van der Waals surface area contributed by atoms with E-state index < -0.39 is 40.5 Å². The van der Waals surface area contributed by atoms with Crippen molar-refractivity contribution in [2.45, 2.75) is 19.3 Å². The Morgan fingerprint density at radius 3 is 2.27 bits per heavy atom. The van der Waals surface area contributed by atoms with E-state index in [1.54, 1.807) is 0 Å². The lowest BCUT2D eigenvalue weighted by molar-refractivity contribution is -0.141. The van der Waals surface area contributed by atoms with E-state index >= 15 is 0 Å². The number of halogens is 6. The summed E-state index contributed by atoms with van der Waals surface area (Å²) >= 11 is 0. The largest absolute Gasteiger partial charge is 0.433 e. The third kappa shape index (κ3) is 3.62. The van der Waals surface area contributed by atoms with Crippen LogP contribution in [0.3, 0.4) is 0 Å². The van der Waals surface area contributed by atoms with Crippen LogP contribution in [0.1, 0.15) is 18.2 Å². The van der Waals surface area contributed by atoms with E-state index in [0.29, 0.717) is 10.6 Å². The molecule has 0 spiro atoms. The van der Waals surface area contributed by atoms with Crippen molar-refractivity contribution in [3.63, 3.8) is 0 Å². The molecule has 0 saturated heterocycles. The van der Waals surface area contributed by atoms with Crippen molar-refractivity contribution in [1.82, 2.24) is 9.55 Å². The van der Waals surface area contributed by atoms with E-state index in [9.17, 15) is 31.1 Å². The molecule has 3 rings (SSSR count). The molecule has 11 heteroatoms. The van der Waals surface area contributed by atoms with Crippen LogP contribution in [-0.4, -0.2) is 22.8 Å². The first kappa shape index (κ1) is 21.3. The minimum absolute atomic E-state index is 0.00248. The molecule has 0 atom stereocenters. The summed E-state index contributed by atoms with van der Waals surface area (Å²) in [5.41, 5.74) is -5.03. The summed E-state index contributed by atoms with van der Waals surface area (Å²) in [5.74, 6) is 0. The SMILES string of the molecule is C/C=N\c1c(NC)c2ccc(C(F)(F)F)nc2n(-c2ccccc2C(F)(F)F)c1=O. The van der Waals surface area contributed by atoms with E-state index in [4.69, 9.17) is 0 Å². The summed E-state index contributed by atoms with van der Waals surface area (Å²) in [6, 6.07) is 5.80. The first-order chi connectivity index (χ1) is 14.0. The Balaban J connectivity index is 2.59. The van der Waals surface area contributed by atoms with E-state index in [1.807, 2.05) is 0 Å². The minimum atomic E-state index is -4.86. The van der Waals surface area contributed by atoms with Gasteiger partial charge in [-0.3, -0.25) is 14.4 Å². The molecule has 1 aromatic carbocycles. The maximum atomic E-state index is 13.6. The number of aromatic nitrogens is 2. The lowest BCUT2D eigenvalue weighted by Crippen LogP contribution is -2.24. The van der Waals surface area contributed by atoms with E-state index in [2.05, 4.69) is 15.3 Å². The molecule has 0 aliphatic heterocycles. The quantitative estimate of drug-likeness (QED) is 0.462. The second kappa shape index (κ2) is 7.47. The fourth-order valence-corrected chi connectivity index (χ4v) is 3.04. The molecule has 2 aromatic heterocycles. The van der Waals surface area contributed by atoms with Gasteiger partial charge in [-0.25, -0.2) is 4.98 Å². The monoisotopic (exact) mass is 428 g/mol. The number of benzene rings is 1. The van der Waals surface area contributed by atoms with Crippen molar-refractivity contribution in [1.29, 1.82) is 0 Å². The Kier molecular flexibility index (Phi) is 5.31. The molecule has 1 N–H and O–H groups in total. The highest BCUT2D eigenvalue weighted by Crippen LogP contribution is 2.37. The second-order valence-corrected chi connectivity index (χ2v) is 6.08. The summed E-state index contributed by atoms with van der Waals surface area (Å²) in [6.07, 6.45) is -8.47. The molecule has 5 nitrogen and oxygen atoms in total. The first-order valence-corrected chi connectivity index (χ1v) is 8.50. The van der Waals surface area contributed by atoms with E-state index in [-0.39, 0.29) is 16.8 Å². The zero-order chi connectivity index (χ0) is 22.3. The molecular weight excluding hydrogens is 414 g/mol. The van der Waals surface area contributed by atoms with Gasteiger partial charge in [-0.2, -0.15) is 26.3 Å². The van der Waals surface area contributed by atoms with Crippen LogP contribution in [-0.2, 0) is 12.4 Å². The average Bonchev–Trinajstić information content (AvgIpc) is 2.67. The van der Waals surface area contributed by atoms with E-state index in [1.165, 1.54) is 26.3 Å². The lowest BCUT2D eigenvalue weighted by Gasteiger charge is -2.19. The van der Waals surface area contributed by atoms with Crippen LogP contribution in [0.5, 0.6) is 0 Å². The number of alkyl halides is 6. The highest BCUT2D eigenvalue weighted by atomic mass is 19.4. The van der Waals surface area contributed by atoms with Gasteiger partial charge in [-0.1, -0.05) is 12.1 Å². The zero-order valence-corrected chi connectivity index (χ0v) is 15.6. The summed E-state index contributed by atoms with van der Waals surface area (Å²) in [7, 11) is 1.41. The van der Waals surface area contributed by atoms with Gasteiger partial charge in [-0.05, 0) is 31.2 Å². The molecule has 2 heterocycles. The van der Waals surface area contributed by atoms with Crippen LogP contribution in [0.4, 0.5) is 37.7 Å². The number of nitrogens with zero attached hydrogens (tertiary/aromatic N) is 3. The van der Waals surface area contributed by atoms with Gasteiger partial charge < -0.3 is 5.32 Å². The van der Waals surface area contributed by atoms with Gasteiger partial charge in [-0.15, -0.1) is 0 Å². The van der Waals surface area contributed by atoms with Crippen molar-refractivity contribution in [2.75, 3.05) is 12.4 Å². The average molecular weight is 428 g/mol. The van der Waals surface area contributed by atoms with Crippen molar-refractivity contribution in [3.05, 3.63) is 58.0 Å². The summed E-state index contributed by atoms with van der Waals surface area (Å²) in [4.78, 5) is 20.5. The molecule has 0 aliphatic carbocycles. The molecule has 0 amide bonds. The summed E-state index contributed by atoms with van der Waals surface area (Å²) in [6.45, 7) is 1.49. The molecule has 0 bridgehead atoms. The van der Waals surface area contributed by atoms with Gasteiger partial charge >= 0.3 is 12.4 Å². The molecule has 0 radical (unpaired) electrons. The number of nitrogens with one attached hydrogen (secondary N) is 1. The van der Waals surface area contributed by atoms with Gasteiger partial charge in [0.25, 0.3) is 5.56 Å². The standard InChI is InChI=1S/C19H14F6N4O/c1-3-27-15-14(26-2)10-8-9-13(19(23,24)25)28-16(10)29(17(15)30)12-7-5-4-6-11(12)18(20,21)22/h3-9,26H,1-2H3/b27-3-. The van der Waals surface area contributed by atoms with Crippen molar-refractivity contribution in [2.24, 2.45) is 4.99 Å². The Labute approximate surface area is 165 Å². The number of fused-ring (bicyclic) bond motifs is 1. The highest BCUT2D eigenvalue weighted by Gasteiger charge is 2.36. The summed E-state index contributed by atoms with van der Waals surface area (Å²) < 4.78 is 80.9. The van der Waals surface area contributed by atoms with Crippen LogP contribution in [0.2, 0.25) is 0 Å². The van der Waals surface area contributed by atoms with E-state index in [0.717, 1.165) is 24.3 Å². The van der Waals surface area contributed by atoms with Gasteiger partial charge in [0.15, 0.2) is 5.69 Å². The highest BCUT2D eigenvalue weighted by molar-refractivity contribution is 5.97. The topological polar surface area (TPSA) is 59.3 Å². The molecular formula is C19H14F6N4O. The predicted octanol–water partition coefficient (Wildman–Crippen LogP) is 5.19. The number of hydrogen-bond donors (Lipinski definition) is 1. The number of rotatable bonds is 3. The van der Waals surface area contributed by atoms with Crippen LogP contribution in [0, 0.1) is 0 Å². The maximum Gasteiger partial charge on any atom is 0.433 e. The normalized spacial score (nSPS) is 12.7. The molecule has 3 aromatic rings. The van der Waals surface area contributed by atoms with Gasteiger partial charge in [0.05, 0.1) is 16.9 Å². The number of pyridine rings is 2. The molecule has 0 fully saturated rings. The van der Waals surface area contributed by atoms with Crippen LogP contribution in [0.25, 0.3) is 16.7 Å². The van der Waals surface area contributed by atoms with Crippen LogP contribution in [0.15, 0.2) is 46.2 Å². The lowest BCUT2D eigenvalue weighted by atomic mass is 10.1. The number of hydrogen-bond acceptors (Lipinski definition) is 4. The predicted molar refractivity (Wildman–Crippen MR) is 101 cm³/mol. The summed E-state index contributed by atoms with van der Waals surface area (Å²) in [5, 5.41) is 2.68. The Bertz CT molecular complexity index is 1190. The first-order valence-electron chi connectivity index (χ1n) is 8.50. The second-order valence-electron chi connectivity index (χ2n) is 6.08. The molecule has 0 saturated carbocycles. The Hall–Kier alpha value is -3.37. The van der Waals surface area contributed by atoms with Gasteiger partial charge in [0.1, 0.15) is 11.3 Å². The van der Waals surface area contributed by atoms with Gasteiger partial charge in [0, 0.05) is 18.6 Å². The number of anilines is 1. The third-order valence-electron chi connectivity index (χ3n) is 4.25. The Morgan fingerprint density at radius 2 is 1.70 bits per heavy atom. The third-order valence-corrected chi connectivity index (χ3v) is 4.25. The van der Waals surface area contributed by atoms with Crippen molar-refractivity contribution in [3.8, 4) is 5.69 Å². The fraction of sp³-hybridized carbons (Fsp3) is 0.211. The number of para-hydroxylation sites is 1. The van der Waals surface area contributed by atoms with Crippen molar-refractivity contribution < 1.29 is 26.3 Å². The maximum absolute atomic E-state index is 13.6. The molecule has 30 heavy (non-hydrogen) atoms. The van der Waals surface area contributed by atoms with Crippen molar-refractivity contribution >= 4 is 28.6 Å². The smallest absolute Gasteiger partial charge is 0.386 e. The zero-order valence-electron chi connectivity index (χ0n) is 15.6.